The zero-order valence-corrected chi connectivity index (χ0v) is 33.3. The number of allylic oxidation sites excluding steroid dienone is 6. The van der Waals surface area contributed by atoms with E-state index in [1.54, 1.807) is 0 Å². The number of nitrogens with one attached hydrogen (secondary N) is 2. The maximum atomic E-state index is 12.5. The van der Waals surface area contributed by atoms with E-state index in [0.29, 0.717) is 45.9 Å². The molecular weight excluding hydrogens is 677 g/mol. The number of rotatable bonds is 18. The third kappa shape index (κ3) is 10.7. The van der Waals surface area contributed by atoms with E-state index in [2.05, 4.69) is 134 Å². The van der Waals surface area contributed by atoms with E-state index in [1.165, 1.54) is 33.9 Å². The van der Waals surface area contributed by atoms with Crippen molar-refractivity contribution in [1.29, 1.82) is 0 Å². The maximum absolute atomic E-state index is 12.5. The van der Waals surface area contributed by atoms with Gasteiger partial charge in [0.05, 0.1) is 31.8 Å². The van der Waals surface area contributed by atoms with Crippen LogP contribution in [0.15, 0.2) is 84.6 Å². The van der Waals surface area contributed by atoms with Crippen LogP contribution in [0.1, 0.15) is 96.6 Å². The second-order valence-corrected chi connectivity index (χ2v) is 15.6. The summed E-state index contributed by atoms with van der Waals surface area (Å²) in [6.07, 6.45) is 18.9. The van der Waals surface area contributed by atoms with E-state index in [-0.39, 0.29) is 28.9 Å². The lowest BCUT2D eigenvalue weighted by Crippen LogP contribution is -2.32. The number of carbonyl (C=O) groups excluding carboxylic acids is 2. The number of hydrogen-bond acceptors (Lipinski definition) is 6. The number of nitrogens with zero attached hydrogens (tertiary/aromatic N) is 2. The van der Waals surface area contributed by atoms with Gasteiger partial charge >= 0.3 is 6.09 Å². The van der Waals surface area contributed by atoms with Gasteiger partial charge < -0.3 is 29.7 Å². The van der Waals surface area contributed by atoms with Crippen molar-refractivity contribution in [2.75, 3.05) is 58.0 Å². The standard InChI is InChI=1S/C45H62N4O5/c1-44(2)36-21-13-15-23-38(36)48(5)40(44)25-18-26-41-45(3,4)37-22-14-16-24-39(37)49(41)30-17-9-12-27-42(50)46-28-31-52-33-34-53-32-29-47-43(51)54-35-19-10-7-6-8-11-20-35/h6-7,13-16,18,21-26,35H,8-12,17,19-20,27-34H2,1-5H3,(H-,46,47,50,51)/p+1/b7-6+. The maximum Gasteiger partial charge on any atom is 0.407 e. The highest BCUT2D eigenvalue weighted by Crippen LogP contribution is 2.48. The van der Waals surface area contributed by atoms with Crippen molar-refractivity contribution >= 4 is 29.1 Å². The predicted molar refractivity (Wildman–Crippen MR) is 218 cm³/mol. The van der Waals surface area contributed by atoms with Crippen LogP contribution >= 0.6 is 0 Å². The summed E-state index contributed by atoms with van der Waals surface area (Å²) >= 11 is 0. The van der Waals surface area contributed by atoms with E-state index >= 15 is 0 Å². The lowest BCUT2D eigenvalue weighted by molar-refractivity contribution is -0.401. The zero-order valence-electron chi connectivity index (χ0n) is 33.3. The Morgan fingerprint density at radius 3 is 2.31 bits per heavy atom. The molecule has 9 heteroatoms. The van der Waals surface area contributed by atoms with Crippen LogP contribution in [0.3, 0.4) is 0 Å². The molecule has 2 amide bonds. The van der Waals surface area contributed by atoms with E-state index in [0.717, 1.165) is 57.9 Å². The third-order valence-corrected chi connectivity index (χ3v) is 11.0. The molecule has 2 aliphatic heterocycles. The van der Waals surface area contributed by atoms with Gasteiger partial charge in [0, 0.05) is 60.6 Å². The molecule has 0 saturated heterocycles. The first-order valence-electron chi connectivity index (χ1n) is 20.1. The molecule has 54 heavy (non-hydrogen) atoms. The van der Waals surface area contributed by atoms with Crippen LogP contribution < -0.4 is 15.5 Å². The van der Waals surface area contributed by atoms with Gasteiger partial charge in [-0.25, -0.2) is 4.79 Å². The van der Waals surface area contributed by atoms with Crippen molar-refractivity contribution in [2.24, 2.45) is 0 Å². The van der Waals surface area contributed by atoms with Crippen molar-refractivity contribution in [3.05, 3.63) is 95.7 Å². The molecule has 0 aromatic heterocycles. The first-order valence-corrected chi connectivity index (χ1v) is 20.1. The largest absolute Gasteiger partial charge is 0.446 e. The summed E-state index contributed by atoms with van der Waals surface area (Å²) in [4.78, 5) is 27.0. The van der Waals surface area contributed by atoms with Gasteiger partial charge in [-0.05, 0) is 76.5 Å². The molecule has 0 bridgehead atoms. The first kappa shape index (κ1) is 41.0. The summed E-state index contributed by atoms with van der Waals surface area (Å²) in [6, 6.07) is 17.4. The highest BCUT2D eigenvalue weighted by Gasteiger charge is 2.43. The minimum absolute atomic E-state index is 0.0161. The lowest BCUT2D eigenvalue weighted by atomic mass is 9.81. The molecule has 2 aromatic rings. The molecular formula is C45H63N4O5+. The fourth-order valence-corrected chi connectivity index (χ4v) is 7.98. The van der Waals surface area contributed by atoms with Crippen molar-refractivity contribution < 1.29 is 28.4 Å². The van der Waals surface area contributed by atoms with Gasteiger partial charge in [-0.3, -0.25) is 4.79 Å². The van der Waals surface area contributed by atoms with Crippen molar-refractivity contribution in [1.82, 2.24) is 10.6 Å². The number of para-hydroxylation sites is 2. The SMILES string of the molecule is C[N+]1=C(/C=C/C=C2\N(CCCCCC(=O)NCCOCCOCCNC(=O)OC3CC/C=C/CCC3)c3ccccc3C2(C)C)C(C)(C)c2ccccc21. The van der Waals surface area contributed by atoms with Crippen LogP contribution in [0.5, 0.6) is 0 Å². The Hall–Kier alpha value is -4.21. The minimum Gasteiger partial charge on any atom is -0.446 e. The Morgan fingerprint density at radius 2 is 1.54 bits per heavy atom. The number of amides is 2. The molecule has 2 aromatic carbocycles. The summed E-state index contributed by atoms with van der Waals surface area (Å²) in [6.45, 7) is 12.7. The number of hydrogen-bond donors (Lipinski definition) is 2. The van der Waals surface area contributed by atoms with Gasteiger partial charge in [0.15, 0.2) is 5.71 Å². The number of alkyl carbamates (subject to hydrolysis) is 1. The summed E-state index contributed by atoms with van der Waals surface area (Å²) in [5.74, 6) is 0.0570. The summed E-state index contributed by atoms with van der Waals surface area (Å²) in [5, 5.41) is 5.73. The normalized spacial score (nSPS) is 20.1. The van der Waals surface area contributed by atoms with Gasteiger partial charge in [0.1, 0.15) is 13.2 Å². The fraction of sp³-hybridized carbons (Fsp3) is 0.533. The Morgan fingerprint density at radius 1 is 0.833 bits per heavy atom. The molecule has 0 saturated carbocycles. The zero-order chi connectivity index (χ0) is 38.4. The van der Waals surface area contributed by atoms with Gasteiger partial charge in [0.25, 0.3) is 0 Å². The van der Waals surface area contributed by atoms with Crippen LogP contribution in [0.25, 0.3) is 0 Å². The molecule has 1 unspecified atom stereocenters. The monoisotopic (exact) mass is 739 g/mol. The number of unbranched alkanes of at least 4 members (excludes halogenated alkanes) is 2. The molecule has 5 rings (SSSR count). The van der Waals surface area contributed by atoms with Crippen molar-refractivity contribution in [2.45, 2.75) is 102 Å². The Labute approximate surface area is 323 Å². The van der Waals surface area contributed by atoms with Crippen LogP contribution in [0.4, 0.5) is 16.2 Å². The molecule has 1 atom stereocenters. The second-order valence-electron chi connectivity index (χ2n) is 15.6. The third-order valence-electron chi connectivity index (χ3n) is 11.0. The van der Waals surface area contributed by atoms with Crippen LogP contribution in [0, 0.1) is 0 Å². The smallest absolute Gasteiger partial charge is 0.407 e. The quantitative estimate of drug-likeness (QED) is 0.0910. The second kappa shape index (κ2) is 19.9. The molecule has 0 radical (unpaired) electrons. The number of anilines is 1. The number of fused-ring (bicyclic) bond motifs is 2. The molecule has 2 N–H and O–H groups in total. The van der Waals surface area contributed by atoms with E-state index in [1.807, 2.05) is 0 Å². The van der Waals surface area contributed by atoms with Gasteiger partial charge in [-0.1, -0.05) is 74.9 Å². The van der Waals surface area contributed by atoms with Crippen LogP contribution in [-0.4, -0.2) is 81.5 Å². The Balaban J connectivity index is 0.959. The van der Waals surface area contributed by atoms with Gasteiger partial charge in [0.2, 0.25) is 11.6 Å². The van der Waals surface area contributed by atoms with Crippen LogP contribution in [0.2, 0.25) is 0 Å². The molecule has 0 spiro atoms. The van der Waals surface area contributed by atoms with Crippen molar-refractivity contribution in [3.8, 4) is 0 Å². The Bertz CT molecular complexity index is 1690. The predicted octanol–water partition coefficient (Wildman–Crippen LogP) is 8.26. The molecule has 2 heterocycles. The number of carbonyl (C=O) groups is 2. The molecule has 3 aliphatic rings. The average Bonchev–Trinajstić information content (AvgIpc) is 3.47. The van der Waals surface area contributed by atoms with Gasteiger partial charge in [-0.2, -0.15) is 4.58 Å². The highest BCUT2D eigenvalue weighted by molar-refractivity contribution is 6.03. The molecule has 1 aliphatic carbocycles. The molecule has 0 fully saturated rings. The summed E-state index contributed by atoms with van der Waals surface area (Å²) in [5.41, 5.74) is 7.67. The van der Waals surface area contributed by atoms with Gasteiger partial charge in [-0.15, -0.1) is 0 Å². The topological polar surface area (TPSA) is 92.1 Å². The first-order chi connectivity index (χ1) is 26.1. The average molecular weight is 740 g/mol. The number of benzene rings is 2. The summed E-state index contributed by atoms with van der Waals surface area (Å²) < 4.78 is 19.0. The number of ether oxygens (including phenoxy) is 3. The van der Waals surface area contributed by atoms with E-state index in [4.69, 9.17) is 14.2 Å². The molecule has 292 valence electrons. The Kier molecular flexibility index (Phi) is 15.1. The van der Waals surface area contributed by atoms with E-state index in [9.17, 15) is 9.59 Å². The minimum atomic E-state index is -0.380. The van der Waals surface area contributed by atoms with E-state index < -0.39 is 0 Å². The van der Waals surface area contributed by atoms with Crippen LogP contribution in [-0.2, 0) is 29.8 Å². The lowest BCUT2D eigenvalue weighted by Gasteiger charge is -2.27. The summed E-state index contributed by atoms with van der Waals surface area (Å²) in [7, 11) is 2.16. The highest BCUT2D eigenvalue weighted by atomic mass is 16.6. The van der Waals surface area contributed by atoms with Crippen molar-refractivity contribution in [3.63, 3.8) is 0 Å². The fourth-order valence-electron chi connectivity index (χ4n) is 7.98. The molecule has 9 nitrogen and oxygen atoms in total.